The maximum absolute atomic E-state index is 12.7. The van der Waals surface area contributed by atoms with Crippen molar-refractivity contribution in [3.63, 3.8) is 0 Å². The first-order chi connectivity index (χ1) is 12.5. The average molecular weight is 440 g/mol. The van der Waals surface area contributed by atoms with Crippen molar-refractivity contribution >= 4 is 33.7 Å². The number of ether oxygens (including phenoxy) is 1. The summed E-state index contributed by atoms with van der Waals surface area (Å²) in [6.07, 6.45) is 1.60. The molecule has 0 spiro atoms. The standard InChI is InChI=1S/C20H30BrN3O3/c1-14-11-16(21)8-9-17(14)22-18(25)24-10-6-7-15(13-24)12-23(5)19(26)27-20(2,3)4/h8-9,11,15H,6-7,10,12-13H2,1-5H3,(H,22,25). The first-order valence-corrected chi connectivity index (χ1v) is 10.1. The Bertz CT molecular complexity index is 688. The van der Waals surface area contributed by atoms with Crippen molar-refractivity contribution in [2.45, 2.75) is 46.1 Å². The molecule has 0 radical (unpaired) electrons. The van der Waals surface area contributed by atoms with Gasteiger partial charge in [-0.1, -0.05) is 15.9 Å². The van der Waals surface area contributed by atoms with Crippen molar-refractivity contribution in [1.29, 1.82) is 0 Å². The third-order valence-corrected chi connectivity index (χ3v) is 4.97. The molecule has 1 unspecified atom stereocenters. The van der Waals surface area contributed by atoms with Crippen LogP contribution in [0.25, 0.3) is 0 Å². The smallest absolute Gasteiger partial charge is 0.410 e. The lowest BCUT2D eigenvalue weighted by Gasteiger charge is -2.35. The van der Waals surface area contributed by atoms with Crippen LogP contribution in [0, 0.1) is 12.8 Å². The van der Waals surface area contributed by atoms with Crippen LogP contribution < -0.4 is 5.32 Å². The van der Waals surface area contributed by atoms with Gasteiger partial charge in [0.15, 0.2) is 0 Å². The molecule has 150 valence electrons. The topological polar surface area (TPSA) is 61.9 Å². The summed E-state index contributed by atoms with van der Waals surface area (Å²) >= 11 is 3.43. The van der Waals surface area contributed by atoms with Gasteiger partial charge in [-0.15, -0.1) is 0 Å². The number of anilines is 1. The van der Waals surface area contributed by atoms with Gasteiger partial charge in [-0.2, -0.15) is 0 Å². The third-order valence-electron chi connectivity index (χ3n) is 4.47. The highest BCUT2D eigenvalue weighted by Crippen LogP contribution is 2.23. The number of amides is 3. The maximum atomic E-state index is 12.7. The van der Waals surface area contributed by atoms with Crippen LogP contribution in [0.4, 0.5) is 15.3 Å². The van der Waals surface area contributed by atoms with E-state index >= 15 is 0 Å². The molecule has 0 saturated carbocycles. The number of hydrogen-bond donors (Lipinski definition) is 1. The Hall–Kier alpha value is -1.76. The lowest BCUT2D eigenvalue weighted by atomic mass is 9.98. The van der Waals surface area contributed by atoms with Gasteiger partial charge >= 0.3 is 12.1 Å². The van der Waals surface area contributed by atoms with Crippen molar-refractivity contribution < 1.29 is 14.3 Å². The van der Waals surface area contributed by atoms with Crippen LogP contribution in [0.2, 0.25) is 0 Å². The Kier molecular flexibility index (Phi) is 7.14. The van der Waals surface area contributed by atoms with Crippen LogP contribution in [0.15, 0.2) is 22.7 Å². The van der Waals surface area contributed by atoms with Gasteiger partial charge in [-0.25, -0.2) is 9.59 Å². The van der Waals surface area contributed by atoms with Crippen molar-refractivity contribution in [2.75, 3.05) is 32.0 Å². The summed E-state index contributed by atoms with van der Waals surface area (Å²) in [5.41, 5.74) is 1.32. The van der Waals surface area contributed by atoms with Crippen LogP contribution in [0.3, 0.4) is 0 Å². The van der Waals surface area contributed by atoms with Crippen molar-refractivity contribution in [2.24, 2.45) is 5.92 Å². The van der Waals surface area contributed by atoms with Gasteiger partial charge in [0, 0.05) is 36.8 Å². The summed E-state index contributed by atoms with van der Waals surface area (Å²) < 4.78 is 6.39. The highest BCUT2D eigenvalue weighted by atomic mass is 79.9. The zero-order valence-electron chi connectivity index (χ0n) is 16.8. The number of nitrogens with one attached hydrogen (secondary N) is 1. The number of carbonyl (C=O) groups is 2. The van der Waals surface area contributed by atoms with E-state index in [0.717, 1.165) is 35.1 Å². The van der Waals surface area contributed by atoms with E-state index in [0.29, 0.717) is 13.1 Å². The van der Waals surface area contributed by atoms with Crippen LogP contribution in [-0.4, -0.2) is 54.2 Å². The number of hydrogen-bond acceptors (Lipinski definition) is 3. The minimum atomic E-state index is -0.508. The van der Waals surface area contributed by atoms with E-state index in [9.17, 15) is 9.59 Å². The minimum Gasteiger partial charge on any atom is -0.444 e. The van der Waals surface area contributed by atoms with Gasteiger partial charge in [0.2, 0.25) is 0 Å². The van der Waals surface area contributed by atoms with E-state index in [4.69, 9.17) is 4.74 Å². The fraction of sp³-hybridized carbons (Fsp3) is 0.600. The molecule has 1 heterocycles. The summed E-state index contributed by atoms with van der Waals surface area (Å²) in [5, 5.41) is 3.00. The van der Waals surface area contributed by atoms with Crippen LogP contribution >= 0.6 is 15.9 Å². The Balaban J connectivity index is 1.91. The largest absolute Gasteiger partial charge is 0.444 e. The van der Waals surface area contributed by atoms with Crippen LogP contribution in [0.5, 0.6) is 0 Å². The molecule has 6 nitrogen and oxygen atoms in total. The van der Waals surface area contributed by atoms with Gasteiger partial charge in [-0.05, 0) is 70.2 Å². The summed E-state index contributed by atoms with van der Waals surface area (Å²) in [4.78, 5) is 28.3. The fourth-order valence-corrected chi connectivity index (χ4v) is 3.64. The van der Waals surface area contributed by atoms with Crippen LogP contribution in [0.1, 0.15) is 39.2 Å². The van der Waals surface area contributed by atoms with Gasteiger partial charge in [0.25, 0.3) is 0 Å². The molecule has 2 rings (SSSR count). The zero-order chi connectivity index (χ0) is 20.2. The first-order valence-electron chi connectivity index (χ1n) is 9.31. The number of urea groups is 1. The number of likely N-dealkylation sites (tertiary alicyclic amines) is 1. The lowest BCUT2D eigenvalue weighted by molar-refractivity contribution is 0.0253. The van der Waals surface area contributed by atoms with Crippen LogP contribution in [-0.2, 0) is 4.74 Å². The summed E-state index contributed by atoms with van der Waals surface area (Å²) in [6.45, 7) is 9.48. The molecule has 1 fully saturated rings. The average Bonchev–Trinajstić information content (AvgIpc) is 2.56. The second-order valence-electron chi connectivity index (χ2n) is 8.20. The van der Waals surface area contributed by atoms with Gasteiger partial charge in [0.05, 0.1) is 0 Å². The zero-order valence-corrected chi connectivity index (χ0v) is 18.4. The van der Waals surface area contributed by atoms with E-state index in [2.05, 4.69) is 21.2 Å². The van der Waals surface area contributed by atoms with Gasteiger partial charge in [0.1, 0.15) is 5.60 Å². The van der Waals surface area contributed by atoms with E-state index in [1.165, 1.54) is 0 Å². The molecule has 27 heavy (non-hydrogen) atoms. The Morgan fingerprint density at radius 3 is 2.70 bits per heavy atom. The molecular weight excluding hydrogens is 410 g/mol. The first kappa shape index (κ1) is 21.5. The molecule has 1 aliphatic rings. The highest BCUT2D eigenvalue weighted by Gasteiger charge is 2.27. The normalized spacial score (nSPS) is 17.4. The number of benzene rings is 1. The number of nitrogens with zero attached hydrogens (tertiary/aromatic N) is 2. The molecule has 1 atom stereocenters. The predicted molar refractivity (Wildman–Crippen MR) is 111 cm³/mol. The quantitative estimate of drug-likeness (QED) is 0.730. The maximum Gasteiger partial charge on any atom is 0.410 e. The predicted octanol–water partition coefficient (Wildman–Crippen LogP) is 4.87. The van der Waals surface area contributed by atoms with Gasteiger partial charge < -0.3 is 19.9 Å². The Morgan fingerprint density at radius 1 is 1.37 bits per heavy atom. The van der Waals surface area contributed by atoms with E-state index in [-0.39, 0.29) is 18.0 Å². The molecule has 1 aromatic rings. The molecule has 1 aromatic carbocycles. The SMILES string of the molecule is Cc1cc(Br)ccc1NC(=O)N1CCCC(CN(C)C(=O)OC(C)(C)C)C1. The summed E-state index contributed by atoms with van der Waals surface area (Å²) in [5.74, 6) is 0.244. The number of rotatable bonds is 3. The molecule has 1 aliphatic heterocycles. The number of carbonyl (C=O) groups excluding carboxylic acids is 2. The molecule has 0 bridgehead atoms. The fourth-order valence-electron chi connectivity index (χ4n) is 3.16. The van der Waals surface area contributed by atoms with Gasteiger partial charge in [-0.3, -0.25) is 0 Å². The highest BCUT2D eigenvalue weighted by molar-refractivity contribution is 9.10. The lowest BCUT2D eigenvalue weighted by Crippen LogP contribution is -2.46. The molecule has 3 amide bonds. The minimum absolute atomic E-state index is 0.0926. The molecule has 0 aromatic heterocycles. The summed E-state index contributed by atoms with van der Waals surface area (Å²) in [7, 11) is 1.75. The molecule has 1 saturated heterocycles. The Morgan fingerprint density at radius 2 is 2.07 bits per heavy atom. The number of piperidine rings is 1. The second-order valence-corrected chi connectivity index (χ2v) is 9.12. The van der Waals surface area contributed by atoms with E-state index < -0.39 is 5.60 Å². The van der Waals surface area contributed by atoms with E-state index in [1.807, 2.05) is 50.8 Å². The molecular formula is C20H30BrN3O3. The number of halogens is 1. The second kappa shape index (κ2) is 8.95. The summed E-state index contributed by atoms with van der Waals surface area (Å²) in [6, 6.07) is 5.70. The molecule has 1 N–H and O–H groups in total. The molecule has 0 aliphatic carbocycles. The Labute approximate surface area is 170 Å². The number of aryl methyl sites for hydroxylation is 1. The van der Waals surface area contributed by atoms with Crippen molar-refractivity contribution in [1.82, 2.24) is 9.80 Å². The van der Waals surface area contributed by atoms with Crippen molar-refractivity contribution in [3.8, 4) is 0 Å². The monoisotopic (exact) mass is 439 g/mol. The van der Waals surface area contributed by atoms with E-state index in [1.54, 1.807) is 11.9 Å². The van der Waals surface area contributed by atoms with Crippen molar-refractivity contribution in [3.05, 3.63) is 28.2 Å². The molecule has 7 heteroatoms. The third kappa shape index (κ3) is 6.72.